The average molecular weight is 382 g/mol. The van der Waals surface area contributed by atoms with Crippen molar-refractivity contribution in [2.45, 2.75) is 50.1 Å². The lowest BCUT2D eigenvalue weighted by molar-refractivity contribution is -0.139. The zero-order chi connectivity index (χ0) is 19.3. The summed E-state index contributed by atoms with van der Waals surface area (Å²) in [7, 11) is -3.23. The summed E-state index contributed by atoms with van der Waals surface area (Å²) in [4.78, 5) is 25.1. The van der Waals surface area contributed by atoms with Gasteiger partial charge in [0.2, 0.25) is 5.91 Å². The van der Waals surface area contributed by atoms with Crippen molar-refractivity contribution in [1.82, 2.24) is 10.2 Å². The van der Waals surface area contributed by atoms with Gasteiger partial charge in [-0.25, -0.2) is 8.42 Å². The fourth-order valence-electron chi connectivity index (χ4n) is 3.12. The molecule has 1 saturated carbocycles. The molecule has 144 valence electrons. The van der Waals surface area contributed by atoms with Gasteiger partial charge in [-0.1, -0.05) is 26.0 Å². The van der Waals surface area contributed by atoms with Crippen LogP contribution in [0.5, 0.6) is 0 Å². The maximum Gasteiger partial charge on any atom is 0.317 e. The molecule has 0 atom stereocenters. The van der Waals surface area contributed by atoms with E-state index < -0.39 is 15.8 Å². The first-order valence-electron chi connectivity index (χ1n) is 8.82. The summed E-state index contributed by atoms with van der Waals surface area (Å²) in [5.74, 6) is -0.902. The van der Waals surface area contributed by atoms with Crippen molar-refractivity contribution < 1.29 is 23.1 Å². The minimum absolute atomic E-state index is 0.0227. The molecule has 1 amide bonds. The topological polar surface area (TPSA) is 104 Å². The molecule has 26 heavy (non-hydrogen) atoms. The molecule has 2 N–H and O–H groups in total. The van der Waals surface area contributed by atoms with E-state index in [0.29, 0.717) is 6.54 Å². The molecule has 0 spiro atoms. The van der Waals surface area contributed by atoms with Crippen LogP contribution in [0.15, 0.2) is 29.2 Å². The second kappa shape index (κ2) is 8.64. The van der Waals surface area contributed by atoms with Crippen LogP contribution in [0.1, 0.15) is 32.3 Å². The predicted octanol–water partition coefficient (Wildman–Crippen LogP) is 1.08. The number of sulfone groups is 1. The van der Waals surface area contributed by atoms with Crippen molar-refractivity contribution in [3.05, 3.63) is 29.8 Å². The van der Waals surface area contributed by atoms with Gasteiger partial charge in [-0.15, -0.1) is 0 Å². The van der Waals surface area contributed by atoms with E-state index in [4.69, 9.17) is 5.11 Å². The number of amides is 1. The molecular weight excluding hydrogens is 356 g/mol. The van der Waals surface area contributed by atoms with Crippen molar-refractivity contribution in [3.63, 3.8) is 0 Å². The molecule has 0 aromatic heterocycles. The largest absolute Gasteiger partial charge is 0.480 e. The van der Waals surface area contributed by atoms with Gasteiger partial charge in [0.25, 0.3) is 0 Å². The lowest BCUT2D eigenvalue weighted by Crippen LogP contribution is -2.55. The third-order valence-corrected chi connectivity index (χ3v) is 6.52. The van der Waals surface area contributed by atoms with Crippen molar-refractivity contribution >= 4 is 21.7 Å². The Hall–Kier alpha value is -1.93. The van der Waals surface area contributed by atoms with Crippen LogP contribution in [0.3, 0.4) is 0 Å². The number of carboxylic acid groups (broad SMARTS) is 1. The molecule has 8 heteroatoms. The van der Waals surface area contributed by atoms with E-state index >= 15 is 0 Å². The van der Waals surface area contributed by atoms with Crippen LogP contribution in [0.4, 0.5) is 0 Å². The summed E-state index contributed by atoms with van der Waals surface area (Å²) >= 11 is 0. The number of carbonyl (C=O) groups is 2. The van der Waals surface area contributed by atoms with Crippen LogP contribution in [0, 0.1) is 0 Å². The van der Waals surface area contributed by atoms with Gasteiger partial charge in [0.05, 0.1) is 23.6 Å². The van der Waals surface area contributed by atoms with Gasteiger partial charge in [-0.2, -0.15) is 0 Å². The van der Waals surface area contributed by atoms with E-state index in [9.17, 15) is 18.0 Å². The van der Waals surface area contributed by atoms with Gasteiger partial charge >= 0.3 is 5.97 Å². The molecule has 0 saturated heterocycles. The van der Waals surface area contributed by atoms with E-state index in [0.717, 1.165) is 18.4 Å². The molecule has 1 aliphatic carbocycles. The van der Waals surface area contributed by atoms with Crippen LogP contribution in [0.2, 0.25) is 0 Å². The molecule has 7 nitrogen and oxygen atoms in total. The van der Waals surface area contributed by atoms with Crippen molar-refractivity contribution in [1.29, 1.82) is 0 Å². The number of carboxylic acids is 1. The van der Waals surface area contributed by atoms with E-state index in [-0.39, 0.29) is 41.6 Å². The summed E-state index contributed by atoms with van der Waals surface area (Å²) in [6.07, 6.45) is 1.70. The third-order valence-electron chi connectivity index (χ3n) is 4.77. The summed E-state index contributed by atoms with van der Waals surface area (Å²) in [5, 5.41) is 11.8. The van der Waals surface area contributed by atoms with E-state index in [1.807, 2.05) is 11.8 Å². The Morgan fingerprint density at radius 3 is 2.31 bits per heavy atom. The monoisotopic (exact) mass is 382 g/mol. The number of aliphatic carboxylic acids is 1. The number of hydrogen-bond donors (Lipinski definition) is 2. The Kier molecular flexibility index (Phi) is 6.77. The van der Waals surface area contributed by atoms with Crippen LogP contribution in [-0.2, 0) is 25.8 Å². The van der Waals surface area contributed by atoms with Crippen LogP contribution < -0.4 is 5.32 Å². The number of likely N-dealkylation sites (N-methyl/N-ethyl adjacent to an activating group) is 1. The highest BCUT2D eigenvalue weighted by Crippen LogP contribution is 2.25. The third kappa shape index (κ3) is 5.28. The maximum absolute atomic E-state index is 12.1. The molecular formula is C18H26N2O5S. The van der Waals surface area contributed by atoms with E-state index in [1.54, 1.807) is 19.1 Å². The number of rotatable bonds is 9. The van der Waals surface area contributed by atoms with Gasteiger partial charge in [0, 0.05) is 12.1 Å². The average Bonchev–Trinajstić information content (AvgIpc) is 2.56. The van der Waals surface area contributed by atoms with Gasteiger partial charge in [-0.3, -0.25) is 14.5 Å². The zero-order valence-electron chi connectivity index (χ0n) is 15.1. The highest BCUT2D eigenvalue weighted by Gasteiger charge is 2.34. The Morgan fingerprint density at radius 2 is 1.81 bits per heavy atom. The number of nitrogens with zero attached hydrogens (tertiary/aromatic N) is 1. The van der Waals surface area contributed by atoms with Crippen LogP contribution >= 0.6 is 0 Å². The summed E-state index contributed by atoms with van der Waals surface area (Å²) in [5.41, 5.74) is 0.759. The maximum atomic E-state index is 12.1. The van der Waals surface area contributed by atoms with Crippen molar-refractivity contribution in [2.24, 2.45) is 0 Å². The molecule has 0 aliphatic heterocycles. The molecule has 1 aromatic carbocycles. The quantitative estimate of drug-likeness (QED) is 0.662. The molecule has 0 bridgehead atoms. The highest BCUT2D eigenvalue weighted by atomic mass is 32.2. The Morgan fingerprint density at radius 1 is 1.19 bits per heavy atom. The summed E-state index contributed by atoms with van der Waals surface area (Å²) < 4.78 is 23.6. The van der Waals surface area contributed by atoms with Gasteiger partial charge in [0.1, 0.15) is 0 Å². The highest BCUT2D eigenvalue weighted by molar-refractivity contribution is 7.91. The SMILES string of the molecule is CCN(CC(=O)O)C1CC(NC(=O)Cc2ccc(S(=O)(=O)CC)cc2)C1. The number of nitrogens with one attached hydrogen (secondary N) is 1. The molecule has 0 unspecified atom stereocenters. The number of hydrogen-bond acceptors (Lipinski definition) is 5. The van der Waals surface area contributed by atoms with Crippen LogP contribution in [-0.4, -0.2) is 61.2 Å². The second-order valence-corrected chi connectivity index (χ2v) is 8.85. The predicted molar refractivity (Wildman–Crippen MR) is 97.7 cm³/mol. The second-order valence-electron chi connectivity index (χ2n) is 6.57. The molecule has 1 aliphatic rings. The van der Waals surface area contributed by atoms with Gasteiger partial charge in [0.15, 0.2) is 9.84 Å². The molecule has 2 rings (SSSR count). The van der Waals surface area contributed by atoms with Crippen LogP contribution in [0.25, 0.3) is 0 Å². The molecule has 1 fully saturated rings. The lowest BCUT2D eigenvalue weighted by atomic mass is 9.85. The minimum atomic E-state index is -3.23. The normalized spacial score (nSPS) is 19.8. The molecule has 1 aromatic rings. The summed E-state index contributed by atoms with van der Waals surface area (Å²) in [6.45, 7) is 4.22. The lowest BCUT2D eigenvalue weighted by Gasteiger charge is -2.42. The first-order valence-corrected chi connectivity index (χ1v) is 10.5. The fraction of sp³-hybridized carbons (Fsp3) is 0.556. The standard InChI is InChI=1S/C18H26N2O5S/c1-3-20(12-18(22)23)15-10-14(11-15)19-17(21)9-13-5-7-16(8-6-13)26(24,25)4-2/h5-8,14-15H,3-4,9-12H2,1-2H3,(H,19,21)(H,22,23). The Labute approximate surface area is 154 Å². The Balaban J connectivity index is 1.81. The van der Waals surface area contributed by atoms with Crippen molar-refractivity contribution in [2.75, 3.05) is 18.8 Å². The summed E-state index contributed by atoms with van der Waals surface area (Å²) in [6, 6.07) is 6.65. The smallest absolute Gasteiger partial charge is 0.317 e. The zero-order valence-corrected chi connectivity index (χ0v) is 16.0. The van der Waals surface area contributed by atoms with E-state index in [1.165, 1.54) is 12.1 Å². The Bertz CT molecular complexity index is 739. The molecule has 0 heterocycles. The fourth-order valence-corrected chi connectivity index (χ4v) is 4.01. The number of carbonyl (C=O) groups excluding carboxylic acids is 1. The number of benzene rings is 1. The van der Waals surface area contributed by atoms with Gasteiger partial charge in [-0.05, 0) is 37.1 Å². The first-order chi connectivity index (χ1) is 12.2. The first kappa shape index (κ1) is 20.4. The van der Waals surface area contributed by atoms with Crippen molar-refractivity contribution in [3.8, 4) is 0 Å². The van der Waals surface area contributed by atoms with Gasteiger partial charge < -0.3 is 10.4 Å². The molecule has 0 radical (unpaired) electrons. The minimum Gasteiger partial charge on any atom is -0.480 e. The van der Waals surface area contributed by atoms with E-state index in [2.05, 4.69) is 5.32 Å².